The van der Waals surface area contributed by atoms with E-state index in [0.29, 0.717) is 9.92 Å². The van der Waals surface area contributed by atoms with Gasteiger partial charge >= 0.3 is 6.18 Å². The van der Waals surface area contributed by atoms with Crippen LogP contribution < -0.4 is 0 Å². The zero-order chi connectivity index (χ0) is 14.8. The Morgan fingerprint density at radius 1 is 1.10 bits per heavy atom. The van der Waals surface area contributed by atoms with E-state index < -0.39 is 17.0 Å². The number of thioether (sulfide) groups is 1. The summed E-state index contributed by atoms with van der Waals surface area (Å²) in [6, 6.07) is 9.64. The number of hydrogen-bond donors (Lipinski definition) is 0. The minimum absolute atomic E-state index is 0.236. The number of aromatic nitrogens is 1. The van der Waals surface area contributed by atoms with Crippen molar-refractivity contribution in [3.8, 4) is 0 Å². The molecule has 0 bridgehead atoms. The highest BCUT2D eigenvalue weighted by molar-refractivity contribution is 8.14. The smallest absolute Gasteiger partial charge is 0.279 e. The molecule has 0 radical (unpaired) electrons. The minimum atomic E-state index is -4.57. The zero-order valence-corrected chi connectivity index (χ0v) is 11.4. The molecule has 0 N–H and O–H groups in total. The van der Waals surface area contributed by atoms with Crippen molar-refractivity contribution >= 4 is 28.5 Å². The molecule has 0 saturated carbocycles. The van der Waals surface area contributed by atoms with Crippen LogP contribution in [0.5, 0.6) is 0 Å². The average Bonchev–Trinajstić information content (AvgIpc) is 2.40. The van der Waals surface area contributed by atoms with Gasteiger partial charge in [-0.25, -0.2) is 4.98 Å². The summed E-state index contributed by atoms with van der Waals surface area (Å²) in [5.41, 5.74) is -1.32. The first-order valence-corrected chi connectivity index (χ1v) is 6.58. The molecule has 0 fully saturated rings. The van der Waals surface area contributed by atoms with Crippen molar-refractivity contribution < 1.29 is 18.0 Å². The van der Waals surface area contributed by atoms with Crippen molar-refractivity contribution in [3.63, 3.8) is 0 Å². The van der Waals surface area contributed by atoms with Crippen LogP contribution in [0.2, 0.25) is 5.02 Å². The molecule has 0 unspecified atom stereocenters. The average molecular weight is 318 g/mol. The number of hydrogen-bond acceptors (Lipinski definition) is 3. The first-order chi connectivity index (χ1) is 9.36. The molecule has 0 aliphatic carbocycles. The van der Waals surface area contributed by atoms with E-state index in [-0.39, 0.29) is 5.69 Å². The van der Waals surface area contributed by atoms with Crippen molar-refractivity contribution in [1.82, 2.24) is 4.98 Å². The number of carbonyl (C=O) groups is 1. The van der Waals surface area contributed by atoms with E-state index >= 15 is 0 Å². The van der Waals surface area contributed by atoms with Crippen molar-refractivity contribution in [2.24, 2.45) is 0 Å². The Labute approximate surface area is 122 Å². The fourth-order valence-electron chi connectivity index (χ4n) is 1.37. The molecule has 2 rings (SSSR count). The van der Waals surface area contributed by atoms with Gasteiger partial charge in [0.2, 0.25) is 5.12 Å². The molecule has 0 saturated heterocycles. The highest BCUT2D eigenvalue weighted by Crippen LogP contribution is 2.29. The Morgan fingerprint density at radius 2 is 1.75 bits per heavy atom. The van der Waals surface area contributed by atoms with Crippen LogP contribution in [0.25, 0.3) is 0 Å². The van der Waals surface area contributed by atoms with Crippen molar-refractivity contribution in [3.05, 3.63) is 58.9 Å². The van der Waals surface area contributed by atoms with Gasteiger partial charge in [-0.2, -0.15) is 13.2 Å². The third-order valence-electron chi connectivity index (χ3n) is 2.27. The summed E-state index contributed by atoms with van der Waals surface area (Å²) >= 11 is 6.50. The molecule has 104 valence electrons. The molecular formula is C13H7ClF3NOS. The van der Waals surface area contributed by atoms with E-state index in [1.165, 1.54) is 6.07 Å². The number of alkyl halides is 3. The molecule has 2 aromatic rings. The molecule has 0 aliphatic heterocycles. The Hall–Kier alpha value is -1.53. The molecule has 7 heteroatoms. The number of carbonyl (C=O) groups excluding carboxylic acids is 1. The van der Waals surface area contributed by atoms with Crippen LogP contribution >= 0.6 is 23.4 Å². The lowest BCUT2D eigenvalue weighted by Gasteiger charge is -2.06. The van der Waals surface area contributed by atoms with Gasteiger partial charge in [-0.1, -0.05) is 17.7 Å². The summed E-state index contributed by atoms with van der Waals surface area (Å²) in [6.07, 6.45) is -4.57. The van der Waals surface area contributed by atoms with Gasteiger partial charge in [0.15, 0.2) is 0 Å². The number of rotatable bonds is 2. The highest BCUT2D eigenvalue weighted by Gasteiger charge is 2.32. The highest BCUT2D eigenvalue weighted by atomic mass is 35.5. The van der Waals surface area contributed by atoms with Gasteiger partial charge in [-0.05, 0) is 48.2 Å². The molecule has 2 nitrogen and oxygen atoms in total. The van der Waals surface area contributed by atoms with Gasteiger partial charge in [0.05, 0.1) is 0 Å². The van der Waals surface area contributed by atoms with E-state index in [1.807, 2.05) is 0 Å². The van der Waals surface area contributed by atoms with Gasteiger partial charge in [-0.3, -0.25) is 4.79 Å². The third-order valence-corrected chi connectivity index (χ3v) is 3.43. The summed E-state index contributed by atoms with van der Waals surface area (Å²) in [7, 11) is 0. The van der Waals surface area contributed by atoms with E-state index in [2.05, 4.69) is 4.98 Å². The second-order valence-electron chi connectivity index (χ2n) is 3.75. The lowest BCUT2D eigenvalue weighted by atomic mass is 10.3. The van der Waals surface area contributed by atoms with E-state index in [9.17, 15) is 18.0 Å². The molecule has 20 heavy (non-hydrogen) atoms. The minimum Gasteiger partial charge on any atom is -0.279 e. The van der Waals surface area contributed by atoms with Gasteiger partial charge in [0, 0.05) is 9.92 Å². The molecular weight excluding hydrogens is 311 g/mol. The summed E-state index contributed by atoms with van der Waals surface area (Å²) < 4.78 is 37.5. The van der Waals surface area contributed by atoms with Crippen LogP contribution in [0.1, 0.15) is 16.2 Å². The lowest BCUT2D eigenvalue weighted by Crippen LogP contribution is -2.10. The molecule has 1 aromatic carbocycles. The van der Waals surface area contributed by atoms with Crippen molar-refractivity contribution in [2.75, 3.05) is 0 Å². The molecule has 0 spiro atoms. The maximum Gasteiger partial charge on any atom is 0.433 e. The van der Waals surface area contributed by atoms with E-state index in [0.717, 1.165) is 23.9 Å². The summed E-state index contributed by atoms with van der Waals surface area (Å²) in [5, 5.41) is -0.0441. The second kappa shape index (κ2) is 5.85. The Morgan fingerprint density at radius 3 is 2.35 bits per heavy atom. The number of nitrogens with zero attached hydrogens (tertiary/aromatic N) is 1. The first-order valence-electron chi connectivity index (χ1n) is 5.38. The normalized spacial score (nSPS) is 11.4. The maximum atomic E-state index is 12.5. The predicted octanol–water partition coefficient (Wildman–Crippen LogP) is 4.69. The topological polar surface area (TPSA) is 30.0 Å². The van der Waals surface area contributed by atoms with E-state index in [4.69, 9.17) is 11.6 Å². The van der Waals surface area contributed by atoms with Gasteiger partial charge in [0.1, 0.15) is 11.4 Å². The molecule has 1 heterocycles. The lowest BCUT2D eigenvalue weighted by molar-refractivity contribution is -0.141. The SMILES string of the molecule is O=C(Sc1ccc(Cl)cc1)c1cccc(C(F)(F)F)n1. The number of halogens is 4. The molecule has 1 aromatic heterocycles. The Bertz CT molecular complexity index is 628. The van der Waals surface area contributed by atoms with Crippen LogP contribution in [0.3, 0.4) is 0 Å². The Balaban J connectivity index is 2.19. The molecule has 0 atom stereocenters. The van der Waals surface area contributed by atoms with Crippen LogP contribution in [0.15, 0.2) is 47.4 Å². The van der Waals surface area contributed by atoms with Crippen LogP contribution in [0, 0.1) is 0 Å². The maximum absolute atomic E-state index is 12.5. The fourth-order valence-corrected chi connectivity index (χ4v) is 2.20. The molecule has 0 amide bonds. The summed E-state index contributed by atoms with van der Waals surface area (Å²) in [5.74, 6) is 0. The van der Waals surface area contributed by atoms with Crippen LogP contribution in [-0.4, -0.2) is 10.1 Å². The van der Waals surface area contributed by atoms with Gasteiger partial charge < -0.3 is 0 Å². The van der Waals surface area contributed by atoms with Gasteiger partial charge in [0.25, 0.3) is 0 Å². The number of benzene rings is 1. The monoisotopic (exact) mass is 317 g/mol. The zero-order valence-electron chi connectivity index (χ0n) is 9.82. The fraction of sp³-hybridized carbons (Fsp3) is 0.0769. The largest absolute Gasteiger partial charge is 0.433 e. The summed E-state index contributed by atoms with van der Waals surface area (Å²) in [6.45, 7) is 0. The van der Waals surface area contributed by atoms with Crippen LogP contribution in [-0.2, 0) is 6.18 Å². The van der Waals surface area contributed by atoms with Crippen molar-refractivity contribution in [2.45, 2.75) is 11.1 Å². The van der Waals surface area contributed by atoms with Crippen LogP contribution in [0.4, 0.5) is 13.2 Å². The molecule has 0 aliphatic rings. The Kier molecular flexibility index (Phi) is 4.35. The standard InChI is InChI=1S/C13H7ClF3NOS/c14-8-4-6-9(7-5-8)20-12(19)10-2-1-3-11(18-10)13(15,16)17/h1-7H. The number of pyridine rings is 1. The van der Waals surface area contributed by atoms with E-state index in [1.54, 1.807) is 24.3 Å². The summed E-state index contributed by atoms with van der Waals surface area (Å²) in [4.78, 5) is 15.8. The van der Waals surface area contributed by atoms with Gasteiger partial charge in [-0.15, -0.1) is 0 Å². The predicted molar refractivity (Wildman–Crippen MR) is 70.9 cm³/mol. The third kappa shape index (κ3) is 3.74. The first kappa shape index (κ1) is 14.9. The van der Waals surface area contributed by atoms with Crippen molar-refractivity contribution in [1.29, 1.82) is 0 Å². The quantitative estimate of drug-likeness (QED) is 0.753. The second-order valence-corrected chi connectivity index (χ2v) is 5.23.